The quantitative estimate of drug-likeness (QED) is 0.609. The molecule has 2 nitrogen and oxygen atoms in total. The highest BCUT2D eigenvalue weighted by Gasteiger charge is 2.18. The van der Waals surface area contributed by atoms with Crippen LogP contribution in [0, 0.1) is 23.4 Å². The van der Waals surface area contributed by atoms with E-state index in [-0.39, 0.29) is 11.7 Å². The predicted octanol–water partition coefficient (Wildman–Crippen LogP) is 3.70. The molecular formula is C13H15F3O2. The first-order valence-corrected chi connectivity index (χ1v) is 5.66. The highest BCUT2D eigenvalue weighted by Crippen LogP contribution is 2.16. The van der Waals surface area contributed by atoms with Crippen LogP contribution in [-0.2, 0) is 4.74 Å². The van der Waals surface area contributed by atoms with Gasteiger partial charge < -0.3 is 4.74 Å². The summed E-state index contributed by atoms with van der Waals surface area (Å²) in [4.78, 5) is 11.6. The van der Waals surface area contributed by atoms with Crippen LogP contribution in [0.3, 0.4) is 0 Å². The van der Waals surface area contributed by atoms with Gasteiger partial charge in [0.1, 0.15) is 0 Å². The number of carbonyl (C=O) groups excluding carboxylic acids is 1. The van der Waals surface area contributed by atoms with Gasteiger partial charge in [0.2, 0.25) is 0 Å². The van der Waals surface area contributed by atoms with Crippen LogP contribution < -0.4 is 0 Å². The van der Waals surface area contributed by atoms with Gasteiger partial charge in [-0.25, -0.2) is 18.0 Å². The van der Waals surface area contributed by atoms with Crippen LogP contribution in [0.1, 0.15) is 37.6 Å². The summed E-state index contributed by atoms with van der Waals surface area (Å²) in [5.74, 6) is -4.94. The maximum atomic E-state index is 12.9. The molecule has 18 heavy (non-hydrogen) atoms. The fourth-order valence-electron chi connectivity index (χ4n) is 1.64. The Morgan fingerprint density at radius 3 is 2.11 bits per heavy atom. The average Bonchev–Trinajstić information content (AvgIpc) is 2.23. The van der Waals surface area contributed by atoms with Crippen molar-refractivity contribution in [1.29, 1.82) is 0 Å². The predicted molar refractivity (Wildman–Crippen MR) is 60.6 cm³/mol. The number of hydrogen-bond acceptors (Lipinski definition) is 2. The lowest BCUT2D eigenvalue weighted by atomic mass is 10.1. The van der Waals surface area contributed by atoms with Crippen LogP contribution in [0.2, 0.25) is 0 Å². The molecule has 1 unspecified atom stereocenters. The number of ether oxygens (including phenoxy) is 1. The van der Waals surface area contributed by atoms with Crippen LogP contribution >= 0.6 is 0 Å². The third-order valence-corrected chi connectivity index (χ3v) is 2.33. The molecule has 0 amide bonds. The summed E-state index contributed by atoms with van der Waals surface area (Å²) in [6, 6.07) is 1.26. The van der Waals surface area contributed by atoms with E-state index < -0.39 is 23.4 Å². The first kappa shape index (κ1) is 14.5. The van der Waals surface area contributed by atoms with E-state index in [9.17, 15) is 18.0 Å². The Morgan fingerprint density at radius 1 is 1.17 bits per heavy atom. The maximum absolute atomic E-state index is 12.9. The lowest BCUT2D eigenvalue weighted by molar-refractivity contribution is 0.0298. The van der Waals surface area contributed by atoms with Crippen LogP contribution in [0.5, 0.6) is 0 Å². The molecule has 0 saturated carbocycles. The second-order valence-electron chi connectivity index (χ2n) is 4.60. The lowest BCUT2D eigenvalue weighted by Crippen LogP contribution is -2.17. The molecule has 1 aromatic carbocycles. The van der Waals surface area contributed by atoms with Gasteiger partial charge in [-0.2, -0.15) is 0 Å². The molecule has 0 fully saturated rings. The molecule has 0 aliphatic carbocycles. The molecule has 1 aromatic rings. The Morgan fingerprint density at radius 2 is 1.67 bits per heavy atom. The van der Waals surface area contributed by atoms with Gasteiger partial charge in [0.15, 0.2) is 17.5 Å². The van der Waals surface area contributed by atoms with Crippen LogP contribution in [0.25, 0.3) is 0 Å². The fourth-order valence-corrected chi connectivity index (χ4v) is 1.64. The van der Waals surface area contributed by atoms with Crippen molar-refractivity contribution < 1.29 is 22.7 Å². The average molecular weight is 260 g/mol. The standard InChI is InChI=1S/C13H15F3O2/c1-7(2)4-8(3)18-13(17)9-5-10(14)12(16)11(15)6-9/h5-8H,4H2,1-3H3. The van der Waals surface area contributed by atoms with Crippen LogP contribution in [0.4, 0.5) is 13.2 Å². The van der Waals surface area contributed by atoms with Gasteiger partial charge in [-0.3, -0.25) is 0 Å². The molecule has 0 aromatic heterocycles. The minimum Gasteiger partial charge on any atom is -0.459 e. The molecule has 1 rings (SSSR count). The topological polar surface area (TPSA) is 26.3 Å². The Labute approximate surface area is 104 Å². The molecule has 0 aliphatic heterocycles. The number of rotatable bonds is 4. The zero-order chi connectivity index (χ0) is 13.9. The van der Waals surface area contributed by atoms with E-state index in [4.69, 9.17) is 4.74 Å². The number of esters is 1. The van der Waals surface area contributed by atoms with Crippen molar-refractivity contribution in [3.05, 3.63) is 35.1 Å². The summed E-state index contributed by atoms with van der Waals surface area (Å²) in [5.41, 5.74) is -0.331. The molecule has 100 valence electrons. The number of benzene rings is 1. The van der Waals surface area contributed by atoms with E-state index in [1.807, 2.05) is 13.8 Å². The van der Waals surface area contributed by atoms with E-state index in [2.05, 4.69) is 0 Å². The van der Waals surface area contributed by atoms with E-state index in [1.165, 1.54) is 0 Å². The molecule has 0 N–H and O–H groups in total. The minimum atomic E-state index is -1.60. The van der Waals surface area contributed by atoms with Crippen molar-refractivity contribution in [2.45, 2.75) is 33.3 Å². The molecule has 5 heteroatoms. The van der Waals surface area contributed by atoms with Crippen LogP contribution in [0.15, 0.2) is 12.1 Å². The summed E-state index contributed by atoms with van der Waals surface area (Å²) >= 11 is 0. The van der Waals surface area contributed by atoms with E-state index >= 15 is 0 Å². The largest absolute Gasteiger partial charge is 0.459 e. The molecule has 0 heterocycles. The second-order valence-corrected chi connectivity index (χ2v) is 4.60. The second kappa shape index (κ2) is 5.89. The van der Waals surface area contributed by atoms with Gasteiger partial charge in [0.25, 0.3) is 0 Å². The highest BCUT2D eigenvalue weighted by atomic mass is 19.2. The molecule has 0 saturated heterocycles. The summed E-state index contributed by atoms with van der Waals surface area (Å²) < 4.78 is 43.6. The van der Waals surface area contributed by atoms with Crippen LogP contribution in [-0.4, -0.2) is 12.1 Å². The molecule has 0 radical (unpaired) electrons. The normalized spacial score (nSPS) is 12.6. The third-order valence-electron chi connectivity index (χ3n) is 2.33. The smallest absolute Gasteiger partial charge is 0.338 e. The maximum Gasteiger partial charge on any atom is 0.338 e. The zero-order valence-electron chi connectivity index (χ0n) is 10.5. The SMILES string of the molecule is CC(C)CC(C)OC(=O)c1cc(F)c(F)c(F)c1. The van der Waals surface area contributed by atoms with Crippen molar-refractivity contribution in [3.63, 3.8) is 0 Å². The van der Waals surface area contributed by atoms with Crippen molar-refractivity contribution in [2.24, 2.45) is 5.92 Å². The molecule has 0 bridgehead atoms. The number of halogens is 3. The van der Waals surface area contributed by atoms with E-state index in [0.717, 1.165) is 0 Å². The summed E-state index contributed by atoms with van der Waals surface area (Å²) in [6.45, 7) is 5.61. The van der Waals surface area contributed by atoms with Gasteiger partial charge in [-0.15, -0.1) is 0 Å². The summed E-state index contributed by atoms with van der Waals surface area (Å²) in [7, 11) is 0. The zero-order valence-corrected chi connectivity index (χ0v) is 10.5. The Kier molecular flexibility index (Phi) is 4.76. The van der Waals surface area contributed by atoms with Gasteiger partial charge in [0.05, 0.1) is 11.7 Å². The van der Waals surface area contributed by atoms with Gasteiger partial charge in [0, 0.05) is 0 Å². The first-order valence-electron chi connectivity index (χ1n) is 5.66. The van der Waals surface area contributed by atoms with Gasteiger partial charge >= 0.3 is 5.97 Å². The highest BCUT2D eigenvalue weighted by molar-refractivity contribution is 5.89. The minimum absolute atomic E-state index is 0.328. The van der Waals surface area contributed by atoms with Crippen molar-refractivity contribution >= 4 is 5.97 Å². The Balaban J connectivity index is 2.79. The molecule has 0 aliphatic rings. The molecular weight excluding hydrogens is 245 g/mol. The van der Waals surface area contributed by atoms with Crippen molar-refractivity contribution in [1.82, 2.24) is 0 Å². The van der Waals surface area contributed by atoms with Crippen molar-refractivity contribution in [3.8, 4) is 0 Å². The van der Waals surface area contributed by atoms with E-state index in [0.29, 0.717) is 24.5 Å². The van der Waals surface area contributed by atoms with Crippen molar-refractivity contribution in [2.75, 3.05) is 0 Å². The van der Waals surface area contributed by atoms with E-state index in [1.54, 1.807) is 6.92 Å². The first-order chi connectivity index (χ1) is 8.31. The summed E-state index contributed by atoms with van der Waals surface area (Å²) in [5, 5.41) is 0. The number of carbonyl (C=O) groups is 1. The Bertz CT molecular complexity index is 421. The fraction of sp³-hybridized carbons (Fsp3) is 0.462. The number of hydrogen-bond donors (Lipinski definition) is 0. The summed E-state index contributed by atoms with van der Waals surface area (Å²) in [6.07, 6.45) is 0.270. The van der Waals surface area contributed by atoms with Gasteiger partial charge in [-0.05, 0) is 31.4 Å². The van der Waals surface area contributed by atoms with Gasteiger partial charge in [-0.1, -0.05) is 13.8 Å². The molecule has 0 spiro atoms. The monoisotopic (exact) mass is 260 g/mol. The molecule has 1 atom stereocenters. The lowest BCUT2D eigenvalue weighted by Gasteiger charge is -2.15. The Hall–Kier alpha value is -1.52. The third kappa shape index (κ3) is 3.75.